The van der Waals surface area contributed by atoms with Gasteiger partial charge in [-0.1, -0.05) is 11.6 Å². The Bertz CT molecular complexity index is 1240. The van der Waals surface area contributed by atoms with Gasteiger partial charge in [0.25, 0.3) is 0 Å². The first-order chi connectivity index (χ1) is 17.5. The van der Waals surface area contributed by atoms with Crippen molar-refractivity contribution in [3.05, 3.63) is 51.0 Å². The Hall–Kier alpha value is -2.86. The molecule has 3 aromatic rings. The van der Waals surface area contributed by atoms with Crippen molar-refractivity contribution in [1.29, 1.82) is 0 Å². The molecular formula is C24H28BrCl2N7O3. The number of hydrogen-bond acceptors (Lipinski definition) is 10. The number of rotatable bonds is 9. The van der Waals surface area contributed by atoms with Crippen LogP contribution in [0.2, 0.25) is 5.02 Å². The minimum atomic E-state index is 0. The zero-order chi connectivity index (χ0) is 25.5. The molecule has 1 fully saturated rings. The number of nitrogens with zero attached hydrogens (tertiary/aromatic N) is 5. The van der Waals surface area contributed by atoms with Crippen LogP contribution in [0.5, 0.6) is 11.5 Å². The lowest BCUT2D eigenvalue weighted by molar-refractivity contribution is 0.122. The maximum Gasteiger partial charge on any atom is 0.250 e. The van der Waals surface area contributed by atoms with Crippen molar-refractivity contribution >= 4 is 69.7 Å². The second-order valence-electron chi connectivity index (χ2n) is 7.80. The predicted octanol–water partition coefficient (Wildman–Crippen LogP) is 5.45. The van der Waals surface area contributed by atoms with E-state index in [1.54, 1.807) is 13.3 Å². The summed E-state index contributed by atoms with van der Waals surface area (Å²) in [7, 11) is 1.60. The molecule has 2 N–H and O–H groups in total. The van der Waals surface area contributed by atoms with Gasteiger partial charge in [0.2, 0.25) is 17.8 Å². The van der Waals surface area contributed by atoms with Gasteiger partial charge in [-0.25, -0.2) is 5.43 Å². The second kappa shape index (κ2) is 13.6. The maximum atomic E-state index is 6.33. The van der Waals surface area contributed by atoms with Crippen LogP contribution in [0.1, 0.15) is 18.1 Å². The molecule has 198 valence electrons. The molecule has 13 heteroatoms. The van der Waals surface area contributed by atoms with Crippen molar-refractivity contribution in [1.82, 2.24) is 15.0 Å². The topological polar surface area (TPSA) is 106 Å². The molecule has 0 amide bonds. The molecule has 0 radical (unpaired) electrons. The van der Waals surface area contributed by atoms with Crippen molar-refractivity contribution in [2.75, 3.05) is 55.7 Å². The lowest BCUT2D eigenvalue weighted by Gasteiger charge is -2.27. The fraction of sp³-hybridized carbons (Fsp3) is 0.333. The zero-order valence-corrected chi connectivity index (χ0v) is 23.8. The highest BCUT2D eigenvalue weighted by atomic mass is 79.9. The lowest BCUT2D eigenvalue weighted by atomic mass is 10.2. The van der Waals surface area contributed by atoms with E-state index in [9.17, 15) is 0 Å². The normalized spacial score (nSPS) is 13.3. The smallest absolute Gasteiger partial charge is 0.250 e. The molecule has 0 unspecified atom stereocenters. The van der Waals surface area contributed by atoms with E-state index in [4.69, 9.17) is 25.8 Å². The summed E-state index contributed by atoms with van der Waals surface area (Å²) in [5.41, 5.74) is 5.43. The molecule has 2 heterocycles. The summed E-state index contributed by atoms with van der Waals surface area (Å²) in [5.74, 6) is 2.47. The van der Waals surface area contributed by atoms with Gasteiger partial charge in [-0.2, -0.15) is 20.1 Å². The van der Waals surface area contributed by atoms with Gasteiger partial charge in [0.05, 0.1) is 38.8 Å². The van der Waals surface area contributed by atoms with Crippen molar-refractivity contribution in [2.24, 2.45) is 5.10 Å². The molecule has 10 nitrogen and oxygen atoms in total. The third kappa shape index (κ3) is 7.57. The van der Waals surface area contributed by atoms with E-state index in [0.29, 0.717) is 61.3 Å². The maximum absolute atomic E-state index is 6.33. The Balaban J connectivity index is 0.00000380. The van der Waals surface area contributed by atoms with Crippen LogP contribution in [0.4, 0.5) is 23.5 Å². The number of methoxy groups -OCH3 is 1. The number of aromatic nitrogens is 3. The highest BCUT2D eigenvalue weighted by Crippen LogP contribution is 2.31. The quantitative estimate of drug-likeness (QED) is 0.241. The minimum Gasteiger partial charge on any atom is -0.493 e. The van der Waals surface area contributed by atoms with E-state index in [1.807, 2.05) is 49.1 Å². The summed E-state index contributed by atoms with van der Waals surface area (Å²) >= 11 is 9.90. The average molecular weight is 613 g/mol. The molecule has 0 atom stereocenters. The number of nitrogens with one attached hydrogen (secondary N) is 2. The fourth-order valence-electron chi connectivity index (χ4n) is 3.44. The van der Waals surface area contributed by atoms with Crippen molar-refractivity contribution in [2.45, 2.75) is 13.8 Å². The molecule has 2 aromatic carbocycles. The Kier molecular flexibility index (Phi) is 10.6. The molecule has 4 rings (SSSR count). The van der Waals surface area contributed by atoms with E-state index < -0.39 is 0 Å². The Morgan fingerprint density at radius 3 is 2.62 bits per heavy atom. The molecule has 0 aliphatic carbocycles. The van der Waals surface area contributed by atoms with Crippen LogP contribution in [0.25, 0.3) is 0 Å². The summed E-state index contributed by atoms with van der Waals surface area (Å²) in [5, 5.41) is 8.18. The third-order valence-corrected chi connectivity index (χ3v) is 6.34. The molecule has 1 aromatic heterocycles. The van der Waals surface area contributed by atoms with Crippen molar-refractivity contribution < 1.29 is 14.2 Å². The van der Waals surface area contributed by atoms with Gasteiger partial charge in [-0.05, 0) is 71.2 Å². The third-order valence-electron chi connectivity index (χ3n) is 5.28. The highest BCUT2D eigenvalue weighted by molar-refractivity contribution is 9.10. The standard InChI is InChI=1S/C24H27BrClN7O3.ClH/c1-4-36-20-6-5-16(12-21(20)34-3)14-27-32-23-29-22(28-19-13-18(26)15(2)11-17(19)25)30-24(31-23)33-7-9-35-10-8-33;/h5-6,11-14H,4,7-10H2,1-3H3,(H2,28,29,30,31,32);1H. The highest BCUT2D eigenvalue weighted by Gasteiger charge is 2.17. The SMILES string of the molecule is CCOc1ccc(C=NNc2nc(Nc3cc(Cl)c(C)cc3Br)nc(N3CCOCC3)n2)cc1OC.Cl. The number of morpholine rings is 1. The van der Waals surface area contributed by atoms with Gasteiger partial charge >= 0.3 is 0 Å². The van der Waals surface area contributed by atoms with Crippen LogP contribution in [0, 0.1) is 6.92 Å². The van der Waals surface area contributed by atoms with Gasteiger partial charge in [0.15, 0.2) is 11.5 Å². The number of benzene rings is 2. The fourth-order valence-corrected chi connectivity index (χ4v) is 4.16. The molecule has 37 heavy (non-hydrogen) atoms. The molecule has 1 aliphatic heterocycles. The minimum absolute atomic E-state index is 0. The monoisotopic (exact) mass is 611 g/mol. The molecule has 0 spiro atoms. The van der Waals surface area contributed by atoms with Gasteiger partial charge < -0.3 is 24.4 Å². The molecule has 1 aliphatic rings. The largest absolute Gasteiger partial charge is 0.493 e. The molecule has 0 bridgehead atoms. The Morgan fingerprint density at radius 1 is 1.14 bits per heavy atom. The van der Waals surface area contributed by atoms with E-state index in [0.717, 1.165) is 21.3 Å². The van der Waals surface area contributed by atoms with Crippen LogP contribution < -0.4 is 25.1 Å². The van der Waals surface area contributed by atoms with Crippen LogP contribution in [-0.4, -0.2) is 61.2 Å². The van der Waals surface area contributed by atoms with Crippen LogP contribution in [0.15, 0.2) is 39.9 Å². The number of hydrogen-bond donors (Lipinski definition) is 2. The first-order valence-corrected chi connectivity index (χ1v) is 12.5. The summed E-state index contributed by atoms with van der Waals surface area (Å²) in [6.07, 6.45) is 1.65. The van der Waals surface area contributed by atoms with Gasteiger partial charge in [-0.3, -0.25) is 0 Å². The Morgan fingerprint density at radius 2 is 1.89 bits per heavy atom. The summed E-state index contributed by atoms with van der Waals surface area (Å²) in [6, 6.07) is 9.33. The first kappa shape index (κ1) is 28.7. The van der Waals surface area contributed by atoms with Gasteiger partial charge in [0.1, 0.15) is 0 Å². The molecular weight excluding hydrogens is 585 g/mol. The van der Waals surface area contributed by atoms with E-state index in [2.05, 4.69) is 46.7 Å². The van der Waals surface area contributed by atoms with Crippen molar-refractivity contribution in [3.8, 4) is 11.5 Å². The van der Waals surface area contributed by atoms with Gasteiger partial charge in [0, 0.05) is 22.6 Å². The summed E-state index contributed by atoms with van der Waals surface area (Å²) in [6.45, 7) is 6.99. The Labute approximate surface area is 235 Å². The van der Waals surface area contributed by atoms with Crippen LogP contribution in [-0.2, 0) is 4.74 Å². The number of anilines is 4. The van der Waals surface area contributed by atoms with E-state index in [-0.39, 0.29) is 18.4 Å². The van der Waals surface area contributed by atoms with Crippen LogP contribution >= 0.6 is 39.9 Å². The lowest BCUT2D eigenvalue weighted by Crippen LogP contribution is -2.37. The summed E-state index contributed by atoms with van der Waals surface area (Å²) in [4.78, 5) is 15.7. The average Bonchev–Trinajstić information content (AvgIpc) is 2.88. The van der Waals surface area contributed by atoms with E-state index >= 15 is 0 Å². The summed E-state index contributed by atoms with van der Waals surface area (Å²) < 4.78 is 17.3. The van der Waals surface area contributed by atoms with Crippen LogP contribution in [0.3, 0.4) is 0 Å². The van der Waals surface area contributed by atoms with Crippen molar-refractivity contribution in [3.63, 3.8) is 0 Å². The van der Waals surface area contributed by atoms with E-state index in [1.165, 1.54) is 0 Å². The zero-order valence-electron chi connectivity index (χ0n) is 20.6. The number of aryl methyl sites for hydroxylation is 1. The molecule has 0 saturated carbocycles. The first-order valence-electron chi connectivity index (χ1n) is 11.4. The number of ether oxygens (including phenoxy) is 3. The number of halogens is 3. The van der Waals surface area contributed by atoms with Gasteiger partial charge in [-0.15, -0.1) is 12.4 Å². The number of hydrazone groups is 1. The molecule has 1 saturated heterocycles. The predicted molar refractivity (Wildman–Crippen MR) is 153 cm³/mol. The second-order valence-corrected chi connectivity index (χ2v) is 9.06.